The zero-order chi connectivity index (χ0) is 15.5. The van der Waals surface area contributed by atoms with Crippen molar-refractivity contribution in [1.29, 1.82) is 0 Å². The first-order valence-electron chi connectivity index (χ1n) is 8.11. The highest BCUT2D eigenvalue weighted by Crippen LogP contribution is 2.21. The second-order valence-corrected chi connectivity index (χ2v) is 6.75. The van der Waals surface area contributed by atoms with Gasteiger partial charge in [0.25, 0.3) is 0 Å². The van der Waals surface area contributed by atoms with Crippen molar-refractivity contribution in [3.05, 3.63) is 42.5 Å². The van der Waals surface area contributed by atoms with E-state index in [0.29, 0.717) is 18.4 Å². The molecular weight excluding hydrogens is 272 g/mol. The highest BCUT2D eigenvalue weighted by molar-refractivity contribution is 5.95. The van der Waals surface area contributed by atoms with E-state index < -0.39 is 0 Å². The van der Waals surface area contributed by atoms with Crippen LogP contribution in [0.5, 0.6) is 0 Å². The summed E-state index contributed by atoms with van der Waals surface area (Å²) in [7, 11) is 0. The minimum atomic E-state index is 0.0802. The van der Waals surface area contributed by atoms with Gasteiger partial charge in [0.15, 0.2) is 0 Å². The summed E-state index contributed by atoms with van der Waals surface area (Å²) >= 11 is 0. The van der Waals surface area contributed by atoms with Crippen LogP contribution in [0.4, 0.5) is 5.69 Å². The molecule has 0 saturated carbocycles. The Kier molecular flexibility index (Phi) is 4.44. The number of benzene rings is 2. The SMILES string of the molecule is C[C@@H]1C[C@@H](C)CN(CC(=O)Nc2ccc3ccccc3c2)C1. The summed E-state index contributed by atoms with van der Waals surface area (Å²) < 4.78 is 0. The molecule has 3 heteroatoms. The maximum atomic E-state index is 12.3. The third kappa shape index (κ3) is 3.66. The van der Waals surface area contributed by atoms with Crippen LogP contribution in [-0.2, 0) is 4.79 Å². The minimum Gasteiger partial charge on any atom is -0.325 e. The number of nitrogens with one attached hydrogen (secondary N) is 1. The van der Waals surface area contributed by atoms with Crippen molar-refractivity contribution in [2.45, 2.75) is 20.3 Å². The molecule has 1 fully saturated rings. The standard InChI is InChI=1S/C19H24N2O/c1-14-9-15(2)12-21(11-14)13-19(22)20-18-8-7-16-5-3-4-6-17(16)10-18/h3-8,10,14-15H,9,11-13H2,1-2H3,(H,20,22)/t14-,15-/m1/s1. The van der Waals surface area contributed by atoms with Crippen molar-refractivity contribution in [3.63, 3.8) is 0 Å². The Balaban J connectivity index is 1.63. The monoisotopic (exact) mass is 296 g/mol. The van der Waals surface area contributed by atoms with E-state index in [1.54, 1.807) is 0 Å². The Hall–Kier alpha value is -1.87. The van der Waals surface area contributed by atoms with Gasteiger partial charge in [0, 0.05) is 18.8 Å². The Bertz CT molecular complexity index is 657. The largest absolute Gasteiger partial charge is 0.325 e. The van der Waals surface area contributed by atoms with E-state index in [1.807, 2.05) is 24.3 Å². The molecular formula is C19H24N2O. The van der Waals surface area contributed by atoms with Crippen LogP contribution in [0, 0.1) is 11.8 Å². The highest BCUT2D eigenvalue weighted by atomic mass is 16.2. The Morgan fingerprint density at radius 2 is 1.77 bits per heavy atom. The first-order chi connectivity index (χ1) is 10.6. The molecule has 1 N–H and O–H groups in total. The van der Waals surface area contributed by atoms with E-state index in [-0.39, 0.29) is 5.91 Å². The van der Waals surface area contributed by atoms with Gasteiger partial charge in [-0.25, -0.2) is 0 Å². The first-order valence-corrected chi connectivity index (χ1v) is 8.11. The second-order valence-electron chi connectivity index (χ2n) is 6.75. The van der Waals surface area contributed by atoms with Gasteiger partial charge in [-0.05, 0) is 41.2 Å². The van der Waals surface area contributed by atoms with E-state index in [2.05, 4.69) is 42.3 Å². The number of piperidine rings is 1. The van der Waals surface area contributed by atoms with Crippen LogP contribution in [0.3, 0.4) is 0 Å². The molecule has 0 bridgehead atoms. The molecule has 2 aromatic carbocycles. The van der Waals surface area contributed by atoms with Gasteiger partial charge in [-0.3, -0.25) is 9.69 Å². The van der Waals surface area contributed by atoms with Crippen molar-refractivity contribution < 1.29 is 4.79 Å². The summed E-state index contributed by atoms with van der Waals surface area (Å²) in [6.45, 7) is 7.07. The molecule has 1 aliphatic rings. The topological polar surface area (TPSA) is 32.3 Å². The number of amides is 1. The van der Waals surface area contributed by atoms with E-state index in [4.69, 9.17) is 0 Å². The number of nitrogens with zero attached hydrogens (tertiary/aromatic N) is 1. The van der Waals surface area contributed by atoms with Crippen LogP contribution >= 0.6 is 0 Å². The molecule has 0 spiro atoms. The third-order valence-corrected chi connectivity index (χ3v) is 4.34. The number of carbonyl (C=O) groups is 1. The lowest BCUT2D eigenvalue weighted by atomic mass is 9.92. The number of rotatable bonds is 3. The Labute approximate surface area is 132 Å². The fraction of sp³-hybridized carbons (Fsp3) is 0.421. The van der Waals surface area contributed by atoms with Gasteiger partial charge < -0.3 is 5.32 Å². The highest BCUT2D eigenvalue weighted by Gasteiger charge is 2.23. The van der Waals surface area contributed by atoms with Crippen LogP contribution in [0.25, 0.3) is 10.8 Å². The normalized spacial score (nSPS) is 22.6. The number of anilines is 1. The van der Waals surface area contributed by atoms with Crippen molar-refractivity contribution in [3.8, 4) is 0 Å². The molecule has 22 heavy (non-hydrogen) atoms. The second kappa shape index (κ2) is 6.49. The van der Waals surface area contributed by atoms with Crippen LogP contribution in [0.2, 0.25) is 0 Å². The van der Waals surface area contributed by atoms with Crippen molar-refractivity contribution >= 4 is 22.4 Å². The van der Waals surface area contributed by atoms with Gasteiger partial charge in [0.2, 0.25) is 5.91 Å². The molecule has 1 saturated heterocycles. The predicted octanol–water partition coefficient (Wildman–Crippen LogP) is 3.76. The summed E-state index contributed by atoms with van der Waals surface area (Å²) in [5, 5.41) is 5.38. The van der Waals surface area contributed by atoms with Crippen LogP contribution in [-0.4, -0.2) is 30.4 Å². The summed E-state index contributed by atoms with van der Waals surface area (Å²) in [5.74, 6) is 1.44. The average Bonchev–Trinajstić information content (AvgIpc) is 2.45. The summed E-state index contributed by atoms with van der Waals surface area (Å²) in [6.07, 6.45) is 1.27. The minimum absolute atomic E-state index is 0.0802. The first kappa shape index (κ1) is 15.0. The number of hydrogen-bond donors (Lipinski definition) is 1. The number of carbonyl (C=O) groups excluding carboxylic acids is 1. The molecule has 1 heterocycles. The molecule has 1 amide bonds. The van der Waals surface area contributed by atoms with Crippen molar-refractivity contribution in [2.24, 2.45) is 11.8 Å². The molecule has 0 unspecified atom stereocenters. The molecule has 0 aromatic heterocycles. The Morgan fingerprint density at radius 1 is 1.09 bits per heavy atom. The Morgan fingerprint density at radius 3 is 2.50 bits per heavy atom. The summed E-state index contributed by atoms with van der Waals surface area (Å²) in [5.41, 5.74) is 0.877. The van der Waals surface area contributed by atoms with Gasteiger partial charge in [0.1, 0.15) is 0 Å². The molecule has 116 valence electrons. The summed E-state index contributed by atoms with van der Waals surface area (Å²) in [6, 6.07) is 14.3. The fourth-order valence-corrected chi connectivity index (χ4v) is 3.59. The fourth-order valence-electron chi connectivity index (χ4n) is 3.59. The zero-order valence-electron chi connectivity index (χ0n) is 13.4. The molecule has 0 radical (unpaired) electrons. The average molecular weight is 296 g/mol. The molecule has 0 aliphatic carbocycles. The van der Waals surface area contributed by atoms with Crippen molar-refractivity contribution in [2.75, 3.05) is 25.0 Å². The van der Waals surface area contributed by atoms with Gasteiger partial charge in [-0.2, -0.15) is 0 Å². The lowest BCUT2D eigenvalue weighted by Gasteiger charge is -2.34. The lowest BCUT2D eigenvalue weighted by Crippen LogP contribution is -2.42. The van der Waals surface area contributed by atoms with Crippen LogP contribution in [0.1, 0.15) is 20.3 Å². The quantitative estimate of drug-likeness (QED) is 0.935. The number of hydrogen-bond acceptors (Lipinski definition) is 2. The smallest absolute Gasteiger partial charge is 0.238 e. The summed E-state index contributed by atoms with van der Waals surface area (Å²) in [4.78, 5) is 14.6. The van der Waals surface area contributed by atoms with E-state index >= 15 is 0 Å². The molecule has 1 aliphatic heterocycles. The molecule has 3 nitrogen and oxygen atoms in total. The molecule has 2 atom stereocenters. The lowest BCUT2D eigenvalue weighted by molar-refractivity contribution is -0.117. The van der Waals surface area contributed by atoms with Gasteiger partial charge in [0.05, 0.1) is 6.54 Å². The van der Waals surface area contributed by atoms with E-state index in [9.17, 15) is 4.79 Å². The van der Waals surface area contributed by atoms with E-state index in [1.165, 1.54) is 11.8 Å². The van der Waals surface area contributed by atoms with Crippen LogP contribution < -0.4 is 5.32 Å². The maximum absolute atomic E-state index is 12.3. The predicted molar refractivity (Wildman–Crippen MR) is 92.0 cm³/mol. The maximum Gasteiger partial charge on any atom is 0.238 e. The van der Waals surface area contributed by atoms with Gasteiger partial charge >= 0.3 is 0 Å². The molecule has 3 rings (SSSR count). The van der Waals surface area contributed by atoms with Gasteiger partial charge in [-0.1, -0.05) is 44.2 Å². The van der Waals surface area contributed by atoms with Gasteiger partial charge in [-0.15, -0.1) is 0 Å². The number of likely N-dealkylation sites (tertiary alicyclic amines) is 1. The number of fused-ring (bicyclic) bond motifs is 1. The zero-order valence-corrected chi connectivity index (χ0v) is 13.4. The molecule has 2 aromatic rings. The van der Waals surface area contributed by atoms with Crippen molar-refractivity contribution in [1.82, 2.24) is 4.90 Å². The van der Waals surface area contributed by atoms with E-state index in [0.717, 1.165) is 24.2 Å². The third-order valence-electron chi connectivity index (χ3n) is 4.34. The van der Waals surface area contributed by atoms with Crippen LogP contribution in [0.15, 0.2) is 42.5 Å².